The third kappa shape index (κ3) is 4.49. The standard InChI is InChI=1S/C14H12Br2ClNO4/c1-20-4-5-21-11-3-2-8(17)6-10(11)18-14(19)12-7-9(15)13(16)22-12/h2-3,6-7H,4-5H2,1H3,(H,18,19). The van der Waals surface area contributed by atoms with E-state index in [4.69, 9.17) is 25.5 Å². The molecule has 0 atom stereocenters. The van der Waals surface area contributed by atoms with Crippen LogP contribution in [-0.2, 0) is 4.74 Å². The van der Waals surface area contributed by atoms with E-state index in [2.05, 4.69) is 37.2 Å². The van der Waals surface area contributed by atoms with Gasteiger partial charge in [0.15, 0.2) is 10.4 Å². The molecule has 0 unspecified atom stereocenters. The summed E-state index contributed by atoms with van der Waals surface area (Å²) < 4.78 is 16.9. The summed E-state index contributed by atoms with van der Waals surface area (Å²) in [4.78, 5) is 12.2. The van der Waals surface area contributed by atoms with Gasteiger partial charge in [0.2, 0.25) is 0 Å². The van der Waals surface area contributed by atoms with Crippen LogP contribution in [0.25, 0.3) is 0 Å². The monoisotopic (exact) mass is 451 g/mol. The number of hydrogen-bond donors (Lipinski definition) is 1. The molecule has 22 heavy (non-hydrogen) atoms. The van der Waals surface area contributed by atoms with E-state index < -0.39 is 5.91 Å². The first kappa shape index (κ1) is 17.3. The molecule has 1 amide bonds. The van der Waals surface area contributed by atoms with Crippen molar-refractivity contribution in [1.29, 1.82) is 0 Å². The van der Waals surface area contributed by atoms with Gasteiger partial charge in [0, 0.05) is 18.2 Å². The van der Waals surface area contributed by atoms with E-state index in [9.17, 15) is 4.79 Å². The summed E-state index contributed by atoms with van der Waals surface area (Å²) >= 11 is 12.4. The molecule has 1 aromatic heterocycles. The zero-order chi connectivity index (χ0) is 16.1. The van der Waals surface area contributed by atoms with Crippen LogP contribution in [0.2, 0.25) is 5.02 Å². The van der Waals surface area contributed by atoms with Gasteiger partial charge in [0.25, 0.3) is 5.91 Å². The van der Waals surface area contributed by atoms with Crippen molar-refractivity contribution in [1.82, 2.24) is 0 Å². The van der Waals surface area contributed by atoms with E-state index in [0.29, 0.717) is 38.8 Å². The predicted molar refractivity (Wildman–Crippen MR) is 90.9 cm³/mol. The van der Waals surface area contributed by atoms with Crippen molar-refractivity contribution in [3.8, 4) is 5.75 Å². The zero-order valence-corrected chi connectivity index (χ0v) is 15.4. The van der Waals surface area contributed by atoms with E-state index in [1.165, 1.54) is 0 Å². The van der Waals surface area contributed by atoms with Crippen LogP contribution in [0.4, 0.5) is 5.69 Å². The lowest BCUT2D eigenvalue weighted by Crippen LogP contribution is -2.13. The van der Waals surface area contributed by atoms with E-state index in [1.54, 1.807) is 31.4 Å². The maximum Gasteiger partial charge on any atom is 0.291 e. The van der Waals surface area contributed by atoms with Crippen molar-refractivity contribution in [3.63, 3.8) is 0 Å². The Labute approximate surface area is 149 Å². The summed E-state index contributed by atoms with van der Waals surface area (Å²) in [5, 5.41) is 3.19. The summed E-state index contributed by atoms with van der Waals surface area (Å²) in [6, 6.07) is 6.53. The topological polar surface area (TPSA) is 60.7 Å². The van der Waals surface area contributed by atoms with Crippen LogP contribution in [0.5, 0.6) is 5.75 Å². The van der Waals surface area contributed by atoms with Crippen LogP contribution >= 0.6 is 43.5 Å². The van der Waals surface area contributed by atoms with Gasteiger partial charge < -0.3 is 19.2 Å². The summed E-state index contributed by atoms with van der Waals surface area (Å²) in [5.74, 6) is 0.242. The van der Waals surface area contributed by atoms with Gasteiger partial charge in [-0.2, -0.15) is 0 Å². The van der Waals surface area contributed by atoms with Crippen LogP contribution in [0.1, 0.15) is 10.6 Å². The van der Waals surface area contributed by atoms with Crippen molar-refractivity contribution < 1.29 is 18.7 Å². The summed E-state index contributed by atoms with van der Waals surface area (Å²) in [6.07, 6.45) is 0. The first-order valence-electron chi connectivity index (χ1n) is 6.18. The summed E-state index contributed by atoms with van der Waals surface area (Å²) in [7, 11) is 1.58. The molecule has 0 bridgehead atoms. The molecule has 2 rings (SSSR count). The quantitative estimate of drug-likeness (QED) is 0.642. The van der Waals surface area contributed by atoms with Crippen LogP contribution in [0.15, 0.2) is 37.8 Å². The number of carbonyl (C=O) groups excluding carboxylic acids is 1. The van der Waals surface area contributed by atoms with Gasteiger partial charge >= 0.3 is 0 Å². The van der Waals surface area contributed by atoms with Gasteiger partial charge in [-0.3, -0.25) is 4.79 Å². The molecule has 118 valence electrons. The zero-order valence-electron chi connectivity index (χ0n) is 11.5. The highest BCUT2D eigenvalue weighted by atomic mass is 79.9. The number of amides is 1. The van der Waals surface area contributed by atoms with Gasteiger partial charge in [0.1, 0.15) is 12.4 Å². The summed E-state index contributed by atoms with van der Waals surface area (Å²) in [6.45, 7) is 0.799. The lowest BCUT2D eigenvalue weighted by Gasteiger charge is -2.12. The molecule has 0 saturated heterocycles. The maximum atomic E-state index is 12.2. The van der Waals surface area contributed by atoms with Crippen LogP contribution in [0.3, 0.4) is 0 Å². The number of rotatable bonds is 6. The molecule has 0 saturated carbocycles. The molecular formula is C14H12Br2ClNO4. The van der Waals surface area contributed by atoms with Gasteiger partial charge in [-0.25, -0.2) is 0 Å². The van der Waals surface area contributed by atoms with E-state index in [0.717, 1.165) is 0 Å². The van der Waals surface area contributed by atoms with Crippen LogP contribution in [-0.4, -0.2) is 26.2 Å². The van der Waals surface area contributed by atoms with Gasteiger partial charge in [-0.05, 0) is 50.1 Å². The minimum atomic E-state index is -0.412. The van der Waals surface area contributed by atoms with Crippen LogP contribution in [0, 0.1) is 0 Å². The highest BCUT2D eigenvalue weighted by Crippen LogP contribution is 2.30. The van der Waals surface area contributed by atoms with Crippen molar-refractivity contribution >= 4 is 55.1 Å². The van der Waals surface area contributed by atoms with Crippen molar-refractivity contribution in [2.75, 3.05) is 25.6 Å². The van der Waals surface area contributed by atoms with Crippen molar-refractivity contribution in [3.05, 3.63) is 44.2 Å². The molecule has 0 fully saturated rings. The second-order valence-electron chi connectivity index (χ2n) is 4.17. The van der Waals surface area contributed by atoms with Crippen molar-refractivity contribution in [2.24, 2.45) is 0 Å². The molecule has 0 spiro atoms. The minimum absolute atomic E-state index is 0.154. The fraction of sp³-hybridized carbons (Fsp3) is 0.214. The number of furan rings is 1. The molecule has 1 N–H and O–H groups in total. The summed E-state index contributed by atoms with van der Waals surface area (Å²) in [5.41, 5.74) is 0.456. The van der Waals surface area contributed by atoms with E-state index >= 15 is 0 Å². The molecule has 8 heteroatoms. The number of benzene rings is 1. The highest BCUT2D eigenvalue weighted by molar-refractivity contribution is 9.13. The molecule has 0 aliphatic carbocycles. The SMILES string of the molecule is COCCOc1ccc(Cl)cc1NC(=O)c1cc(Br)c(Br)o1. The smallest absolute Gasteiger partial charge is 0.291 e. The Kier molecular flexibility index (Phi) is 6.31. The highest BCUT2D eigenvalue weighted by Gasteiger charge is 2.16. The Hall–Kier alpha value is -1.02. The number of halogens is 3. The number of anilines is 1. The molecule has 5 nitrogen and oxygen atoms in total. The van der Waals surface area contributed by atoms with Crippen LogP contribution < -0.4 is 10.1 Å². The molecular weight excluding hydrogens is 441 g/mol. The van der Waals surface area contributed by atoms with Gasteiger partial charge in [-0.1, -0.05) is 11.6 Å². The Bertz CT molecular complexity index is 655. The Morgan fingerprint density at radius 2 is 2.09 bits per heavy atom. The molecule has 1 heterocycles. The number of methoxy groups -OCH3 is 1. The Balaban J connectivity index is 2.16. The first-order valence-corrected chi connectivity index (χ1v) is 8.15. The maximum absolute atomic E-state index is 12.2. The number of hydrogen-bond acceptors (Lipinski definition) is 4. The molecule has 0 aliphatic rings. The lowest BCUT2D eigenvalue weighted by atomic mass is 10.2. The largest absolute Gasteiger partial charge is 0.489 e. The lowest BCUT2D eigenvalue weighted by molar-refractivity contribution is 0.0994. The van der Waals surface area contributed by atoms with Gasteiger partial charge in [-0.15, -0.1) is 0 Å². The van der Waals surface area contributed by atoms with Gasteiger partial charge in [0.05, 0.1) is 16.8 Å². The fourth-order valence-corrected chi connectivity index (χ4v) is 2.35. The average Bonchev–Trinajstić information content (AvgIpc) is 2.81. The van der Waals surface area contributed by atoms with E-state index in [-0.39, 0.29) is 5.76 Å². The number of nitrogens with one attached hydrogen (secondary N) is 1. The molecule has 0 radical (unpaired) electrons. The van der Waals surface area contributed by atoms with E-state index in [1.807, 2.05) is 0 Å². The first-order chi connectivity index (χ1) is 10.5. The second-order valence-corrected chi connectivity index (χ2v) is 6.18. The minimum Gasteiger partial charge on any atom is -0.489 e. The molecule has 0 aliphatic heterocycles. The number of ether oxygens (including phenoxy) is 2. The second kappa shape index (κ2) is 8.01. The Morgan fingerprint density at radius 1 is 1.32 bits per heavy atom. The third-order valence-electron chi connectivity index (χ3n) is 2.60. The fourth-order valence-electron chi connectivity index (χ4n) is 1.60. The third-order valence-corrected chi connectivity index (χ3v) is 4.55. The Morgan fingerprint density at radius 3 is 2.73 bits per heavy atom. The molecule has 1 aromatic carbocycles. The predicted octanol–water partition coefficient (Wildman–Crippen LogP) is 4.74. The average molecular weight is 454 g/mol. The normalized spacial score (nSPS) is 10.5. The number of carbonyl (C=O) groups is 1. The van der Waals surface area contributed by atoms with Crippen molar-refractivity contribution in [2.45, 2.75) is 0 Å². The molecule has 2 aromatic rings.